The molecule has 2 rings (SSSR count). The second-order valence-electron chi connectivity index (χ2n) is 4.72. The Morgan fingerprint density at radius 2 is 2.24 bits per heavy atom. The summed E-state index contributed by atoms with van der Waals surface area (Å²) in [5.41, 5.74) is 0.823. The predicted octanol–water partition coefficient (Wildman–Crippen LogP) is 3.65. The van der Waals surface area contributed by atoms with Crippen molar-refractivity contribution in [3.8, 4) is 0 Å². The highest BCUT2D eigenvalue weighted by atomic mass is 35.5. The van der Waals surface area contributed by atoms with E-state index in [1.54, 1.807) is 0 Å². The zero-order valence-corrected chi connectivity index (χ0v) is 11.5. The molecule has 1 aromatic heterocycles. The first-order chi connectivity index (χ1) is 8.19. The first-order valence-corrected chi connectivity index (χ1v) is 7.41. The Kier molecular flexibility index (Phi) is 4.40. The number of thiazole rings is 1. The third kappa shape index (κ3) is 3.42. The molecule has 1 aliphatic rings. The molecule has 1 fully saturated rings. The molecule has 1 amide bonds. The van der Waals surface area contributed by atoms with Gasteiger partial charge < -0.3 is 5.32 Å². The number of halogens is 1. The molecule has 0 spiro atoms. The molecule has 1 saturated carbocycles. The quantitative estimate of drug-likeness (QED) is 0.854. The Labute approximate surface area is 111 Å². The van der Waals surface area contributed by atoms with E-state index in [4.69, 9.17) is 11.6 Å². The molecule has 5 heteroatoms. The van der Waals surface area contributed by atoms with Gasteiger partial charge in [-0.2, -0.15) is 0 Å². The molecule has 0 saturated heterocycles. The average Bonchev–Trinajstić information content (AvgIpc) is 2.77. The molecule has 17 heavy (non-hydrogen) atoms. The molecule has 3 nitrogen and oxygen atoms in total. The summed E-state index contributed by atoms with van der Waals surface area (Å²) in [5.74, 6) is 1.44. The SMILES string of the molecule is CC1CCC(C(=O)Nc2nc(CCl)cs2)CC1. The van der Waals surface area contributed by atoms with Crippen LogP contribution in [-0.4, -0.2) is 10.9 Å². The Morgan fingerprint density at radius 3 is 2.82 bits per heavy atom. The number of rotatable bonds is 3. The monoisotopic (exact) mass is 272 g/mol. The molecule has 1 heterocycles. The molecule has 0 aliphatic heterocycles. The number of hydrogen-bond acceptors (Lipinski definition) is 3. The van der Waals surface area contributed by atoms with E-state index >= 15 is 0 Å². The van der Waals surface area contributed by atoms with E-state index in [1.165, 1.54) is 11.3 Å². The highest BCUT2D eigenvalue weighted by molar-refractivity contribution is 7.13. The van der Waals surface area contributed by atoms with Crippen LogP contribution in [0, 0.1) is 11.8 Å². The topological polar surface area (TPSA) is 42.0 Å². The highest BCUT2D eigenvalue weighted by Gasteiger charge is 2.24. The van der Waals surface area contributed by atoms with Crippen LogP contribution in [0.3, 0.4) is 0 Å². The van der Waals surface area contributed by atoms with Gasteiger partial charge in [0.25, 0.3) is 0 Å². The number of carbonyl (C=O) groups is 1. The van der Waals surface area contributed by atoms with Gasteiger partial charge in [-0.05, 0) is 31.6 Å². The normalized spacial score (nSPS) is 24.6. The third-order valence-electron chi connectivity index (χ3n) is 3.31. The van der Waals surface area contributed by atoms with Crippen LogP contribution >= 0.6 is 22.9 Å². The first-order valence-electron chi connectivity index (χ1n) is 6.00. The summed E-state index contributed by atoms with van der Waals surface area (Å²) in [6.45, 7) is 2.25. The number of amides is 1. The minimum atomic E-state index is 0.118. The molecule has 0 bridgehead atoms. The lowest BCUT2D eigenvalue weighted by atomic mass is 9.82. The van der Waals surface area contributed by atoms with Gasteiger partial charge in [-0.3, -0.25) is 4.79 Å². The van der Waals surface area contributed by atoms with Gasteiger partial charge in [0.05, 0.1) is 11.6 Å². The summed E-state index contributed by atoms with van der Waals surface area (Å²) in [7, 11) is 0. The van der Waals surface area contributed by atoms with Gasteiger partial charge in [-0.15, -0.1) is 22.9 Å². The van der Waals surface area contributed by atoms with Crippen molar-refractivity contribution in [1.29, 1.82) is 0 Å². The van der Waals surface area contributed by atoms with Crippen LogP contribution in [0.15, 0.2) is 5.38 Å². The highest BCUT2D eigenvalue weighted by Crippen LogP contribution is 2.29. The maximum Gasteiger partial charge on any atom is 0.229 e. The number of nitrogens with zero attached hydrogens (tertiary/aromatic N) is 1. The summed E-state index contributed by atoms with van der Waals surface area (Å²) in [6.07, 6.45) is 4.31. The third-order valence-corrected chi connectivity index (χ3v) is 4.39. The molecule has 0 atom stereocenters. The van der Waals surface area contributed by atoms with Gasteiger partial charge in [0.1, 0.15) is 0 Å². The van der Waals surface area contributed by atoms with Crippen LogP contribution < -0.4 is 5.32 Å². The molecule has 94 valence electrons. The van der Waals surface area contributed by atoms with Gasteiger partial charge in [-0.25, -0.2) is 4.98 Å². The fraction of sp³-hybridized carbons (Fsp3) is 0.667. The van der Waals surface area contributed by atoms with Crippen molar-refractivity contribution in [3.63, 3.8) is 0 Å². The minimum Gasteiger partial charge on any atom is -0.302 e. The van der Waals surface area contributed by atoms with E-state index in [-0.39, 0.29) is 11.8 Å². The summed E-state index contributed by atoms with van der Waals surface area (Å²) >= 11 is 7.11. The molecular formula is C12H17ClN2OS. The Morgan fingerprint density at radius 1 is 1.53 bits per heavy atom. The van der Waals surface area contributed by atoms with Crippen molar-refractivity contribution in [1.82, 2.24) is 4.98 Å². The van der Waals surface area contributed by atoms with Crippen molar-refractivity contribution in [2.45, 2.75) is 38.5 Å². The lowest BCUT2D eigenvalue weighted by Gasteiger charge is -2.24. The standard InChI is InChI=1S/C12H17ClN2OS/c1-8-2-4-9(5-3-8)11(16)15-12-14-10(6-13)7-17-12/h7-9H,2-6H2,1H3,(H,14,15,16). The summed E-state index contributed by atoms with van der Waals surface area (Å²) < 4.78 is 0. The lowest BCUT2D eigenvalue weighted by molar-refractivity contribution is -0.121. The van der Waals surface area contributed by atoms with Gasteiger partial charge in [-0.1, -0.05) is 6.92 Å². The fourth-order valence-electron chi connectivity index (χ4n) is 2.16. The second kappa shape index (κ2) is 5.83. The number of hydrogen-bond donors (Lipinski definition) is 1. The maximum atomic E-state index is 12.0. The number of alkyl halides is 1. The smallest absolute Gasteiger partial charge is 0.229 e. The molecule has 1 N–H and O–H groups in total. The molecule has 1 aliphatic carbocycles. The largest absolute Gasteiger partial charge is 0.302 e. The Bertz CT molecular complexity index is 386. The molecule has 0 radical (unpaired) electrons. The molecule has 0 unspecified atom stereocenters. The van der Waals surface area contributed by atoms with Crippen molar-refractivity contribution < 1.29 is 4.79 Å². The van der Waals surface area contributed by atoms with E-state index in [1.807, 2.05) is 5.38 Å². The number of nitrogens with one attached hydrogen (secondary N) is 1. The number of carbonyl (C=O) groups excluding carboxylic acids is 1. The lowest BCUT2D eigenvalue weighted by Crippen LogP contribution is -2.26. The van der Waals surface area contributed by atoms with Crippen LogP contribution in [0.2, 0.25) is 0 Å². The van der Waals surface area contributed by atoms with E-state index < -0.39 is 0 Å². The average molecular weight is 273 g/mol. The van der Waals surface area contributed by atoms with Crippen molar-refractivity contribution in [3.05, 3.63) is 11.1 Å². The minimum absolute atomic E-state index is 0.118. The van der Waals surface area contributed by atoms with E-state index in [0.29, 0.717) is 11.0 Å². The van der Waals surface area contributed by atoms with Crippen molar-refractivity contribution >= 4 is 34.0 Å². The zero-order valence-electron chi connectivity index (χ0n) is 9.91. The second-order valence-corrected chi connectivity index (χ2v) is 5.85. The number of anilines is 1. The van der Waals surface area contributed by atoms with Gasteiger partial charge in [0.2, 0.25) is 5.91 Å². The summed E-state index contributed by atoms with van der Waals surface area (Å²) in [6, 6.07) is 0. The molecule has 0 aromatic carbocycles. The summed E-state index contributed by atoms with van der Waals surface area (Å²) in [4.78, 5) is 16.2. The van der Waals surface area contributed by atoms with Crippen LogP contribution in [-0.2, 0) is 10.7 Å². The Hall–Kier alpha value is -0.610. The first kappa shape index (κ1) is 12.8. The van der Waals surface area contributed by atoms with Crippen molar-refractivity contribution in [2.75, 3.05) is 5.32 Å². The predicted molar refractivity (Wildman–Crippen MR) is 71.4 cm³/mol. The van der Waals surface area contributed by atoms with Gasteiger partial charge in [0.15, 0.2) is 5.13 Å². The summed E-state index contributed by atoms with van der Waals surface area (Å²) in [5, 5.41) is 5.44. The molecular weight excluding hydrogens is 256 g/mol. The van der Waals surface area contributed by atoms with E-state index in [2.05, 4.69) is 17.2 Å². The molecule has 1 aromatic rings. The van der Waals surface area contributed by atoms with E-state index in [0.717, 1.165) is 37.3 Å². The van der Waals surface area contributed by atoms with Crippen LogP contribution in [0.1, 0.15) is 38.3 Å². The zero-order chi connectivity index (χ0) is 12.3. The van der Waals surface area contributed by atoms with Crippen LogP contribution in [0.25, 0.3) is 0 Å². The Balaban J connectivity index is 1.88. The van der Waals surface area contributed by atoms with Crippen LogP contribution in [0.4, 0.5) is 5.13 Å². The fourth-order valence-corrected chi connectivity index (χ4v) is 3.10. The van der Waals surface area contributed by atoms with E-state index in [9.17, 15) is 4.79 Å². The van der Waals surface area contributed by atoms with Crippen LogP contribution in [0.5, 0.6) is 0 Å². The van der Waals surface area contributed by atoms with Crippen molar-refractivity contribution in [2.24, 2.45) is 11.8 Å². The number of aromatic nitrogens is 1. The van der Waals surface area contributed by atoms with Gasteiger partial charge >= 0.3 is 0 Å². The maximum absolute atomic E-state index is 12.0. The van der Waals surface area contributed by atoms with Gasteiger partial charge in [0, 0.05) is 11.3 Å².